The third-order valence-corrected chi connectivity index (χ3v) is 3.87. The molecule has 0 atom stereocenters. The van der Waals surface area contributed by atoms with Crippen LogP contribution in [0.4, 0.5) is 5.82 Å². The Morgan fingerprint density at radius 1 is 1.22 bits per heavy atom. The number of aryl methyl sites for hydroxylation is 2. The summed E-state index contributed by atoms with van der Waals surface area (Å²) in [5.74, 6) is 1.72. The first-order valence-electron chi connectivity index (χ1n) is 7.22. The average Bonchev–Trinajstić information content (AvgIpc) is 2.51. The molecule has 2 rings (SSSR count). The van der Waals surface area contributed by atoms with Crippen molar-refractivity contribution in [2.75, 3.05) is 18.5 Å². The van der Waals surface area contributed by atoms with Crippen LogP contribution in [0.5, 0.6) is 5.88 Å². The lowest BCUT2D eigenvalue weighted by molar-refractivity contribution is 0.303. The summed E-state index contributed by atoms with van der Waals surface area (Å²) >= 11 is 18.0. The van der Waals surface area contributed by atoms with Crippen molar-refractivity contribution in [2.45, 2.75) is 26.7 Å². The Morgan fingerprint density at radius 3 is 2.70 bits per heavy atom. The van der Waals surface area contributed by atoms with Crippen molar-refractivity contribution in [3.05, 3.63) is 38.8 Å². The number of aromatic nitrogens is 3. The van der Waals surface area contributed by atoms with Crippen LogP contribution >= 0.6 is 34.8 Å². The van der Waals surface area contributed by atoms with Gasteiger partial charge in [0, 0.05) is 12.7 Å². The molecule has 0 unspecified atom stereocenters. The minimum atomic E-state index is 0.375. The van der Waals surface area contributed by atoms with Crippen LogP contribution in [0.2, 0.25) is 15.1 Å². The lowest BCUT2D eigenvalue weighted by atomic mass is 10.3. The predicted octanol–water partition coefficient (Wildman–Crippen LogP) is 4.58. The second kappa shape index (κ2) is 8.52. The summed E-state index contributed by atoms with van der Waals surface area (Å²) in [5, 5.41) is 4.64. The Labute approximate surface area is 150 Å². The van der Waals surface area contributed by atoms with Crippen molar-refractivity contribution in [1.82, 2.24) is 15.0 Å². The third kappa shape index (κ3) is 5.09. The molecule has 0 amide bonds. The number of hydrogen-bond donors (Lipinski definition) is 1. The van der Waals surface area contributed by atoms with E-state index in [1.165, 1.54) is 6.20 Å². The number of pyridine rings is 1. The number of halogens is 3. The molecule has 0 saturated heterocycles. The van der Waals surface area contributed by atoms with Crippen LogP contribution in [0.3, 0.4) is 0 Å². The van der Waals surface area contributed by atoms with Crippen LogP contribution in [-0.4, -0.2) is 28.1 Å². The van der Waals surface area contributed by atoms with E-state index in [1.54, 1.807) is 6.07 Å². The van der Waals surface area contributed by atoms with Crippen LogP contribution in [-0.2, 0) is 6.42 Å². The Hall–Kier alpha value is -1.30. The number of nitrogens with one attached hydrogen (secondary N) is 1. The Balaban J connectivity index is 1.83. The van der Waals surface area contributed by atoms with E-state index in [0.29, 0.717) is 45.7 Å². The molecule has 1 N–H and O–H groups in total. The molecule has 0 aliphatic heterocycles. The van der Waals surface area contributed by atoms with Gasteiger partial charge in [-0.2, -0.15) is 0 Å². The summed E-state index contributed by atoms with van der Waals surface area (Å²) in [6, 6.07) is 1.60. The number of anilines is 1. The lowest BCUT2D eigenvalue weighted by Gasteiger charge is -2.11. The largest absolute Gasteiger partial charge is 0.477 e. The first-order valence-corrected chi connectivity index (χ1v) is 8.35. The number of hydrogen-bond acceptors (Lipinski definition) is 5. The maximum absolute atomic E-state index is 6.27. The van der Waals surface area contributed by atoms with E-state index in [1.807, 2.05) is 13.8 Å². The van der Waals surface area contributed by atoms with Crippen LogP contribution in [0.1, 0.15) is 24.9 Å². The maximum Gasteiger partial charge on any atom is 0.232 e. The van der Waals surface area contributed by atoms with E-state index >= 15 is 0 Å². The zero-order chi connectivity index (χ0) is 16.8. The van der Waals surface area contributed by atoms with Crippen LogP contribution in [0, 0.1) is 6.92 Å². The number of nitrogens with zero attached hydrogens (tertiary/aromatic N) is 3. The van der Waals surface area contributed by atoms with Crippen molar-refractivity contribution in [3.63, 3.8) is 0 Å². The Morgan fingerprint density at radius 2 is 2.00 bits per heavy atom. The van der Waals surface area contributed by atoms with Gasteiger partial charge in [-0.1, -0.05) is 41.7 Å². The van der Waals surface area contributed by atoms with Gasteiger partial charge in [-0.15, -0.1) is 0 Å². The highest BCUT2D eigenvalue weighted by Crippen LogP contribution is 2.25. The van der Waals surface area contributed by atoms with E-state index in [2.05, 4.69) is 20.3 Å². The molecule has 5 nitrogen and oxygen atoms in total. The van der Waals surface area contributed by atoms with Crippen molar-refractivity contribution >= 4 is 40.6 Å². The minimum absolute atomic E-state index is 0.375. The van der Waals surface area contributed by atoms with Gasteiger partial charge in [0.15, 0.2) is 0 Å². The SMILES string of the molecule is CCc1nc(C)nc(NCCCOc2ncc(Cl)cc2Cl)c1Cl. The molecule has 0 aromatic carbocycles. The maximum atomic E-state index is 6.27. The van der Waals surface area contributed by atoms with Crippen molar-refractivity contribution in [3.8, 4) is 5.88 Å². The van der Waals surface area contributed by atoms with E-state index < -0.39 is 0 Å². The Bertz CT molecular complexity index is 682. The topological polar surface area (TPSA) is 59.9 Å². The zero-order valence-electron chi connectivity index (χ0n) is 12.9. The molecule has 0 aliphatic rings. The van der Waals surface area contributed by atoms with Gasteiger partial charge in [0.1, 0.15) is 21.7 Å². The predicted molar refractivity (Wildman–Crippen MR) is 94.0 cm³/mol. The molecule has 0 saturated carbocycles. The molecule has 124 valence electrons. The molecule has 0 fully saturated rings. The van der Waals surface area contributed by atoms with Gasteiger partial charge in [-0.05, 0) is 25.8 Å². The third-order valence-electron chi connectivity index (χ3n) is 2.99. The minimum Gasteiger partial charge on any atom is -0.477 e. The van der Waals surface area contributed by atoms with Crippen LogP contribution in [0.15, 0.2) is 12.3 Å². The molecule has 8 heteroatoms. The summed E-state index contributed by atoms with van der Waals surface area (Å²) < 4.78 is 5.52. The smallest absolute Gasteiger partial charge is 0.232 e. The molecule has 0 radical (unpaired) electrons. The molecule has 0 spiro atoms. The number of ether oxygens (including phenoxy) is 1. The first-order chi connectivity index (χ1) is 11.0. The Kier molecular flexibility index (Phi) is 6.69. The normalized spacial score (nSPS) is 10.7. The van der Waals surface area contributed by atoms with Crippen LogP contribution in [0.25, 0.3) is 0 Å². The molecule has 2 heterocycles. The fourth-order valence-corrected chi connectivity index (χ4v) is 2.64. The summed E-state index contributed by atoms with van der Waals surface area (Å²) in [6.07, 6.45) is 3.00. The molecular weight excluding hydrogens is 359 g/mol. The standard InChI is InChI=1S/C15H17Cl3N4O/c1-3-12-13(18)14(22-9(2)21-12)19-5-4-6-23-15-11(17)7-10(16)8-20-15/h7-8H,3-6H2,1-2H3,(H,19,21,22). The zero-order valence-corrected chi connectivity index (χ0v) is 15.1. The fraction of sp³-hybridized carbons (Fsp3) is 0.400. The van der Waals surface area contributed by atoms with Gasteiger partial charge in [0.2, 0.25) is 5.88 Å². The second-order valence-corrected chi connectivity index (χ2v) is 6.02. The summed E-state index contributed by atoms with van der Waals surface area (Å²) in [5.41, 5.74) is 0.843. The molecule has 0 aliphatic carbocycles. The highest BCUT2D eigenvalue weighted by molar-refractivity contribution is 6.35. The van der Waals surface area contributed by atoms with E-state index in [-0.39, 0.29) is 0 Å². The van der Waals surface area contributed by atoms with Gasteiger partial charge in [-0.25, -0.2) is 15.0 Å². The van der Waals surface area contributed by atoms with Gasteiger partial charge in [0.05, 0.1) is 17.3 Å². The van der Waals surface area contributed by atoms with E-state index in [9.17, 15) is 0 Å². The van der Waals surface area contributed by atoms with Crippen molar-refractivity contribution in [2.24, 2.45) is 0 Å². The monoisotopic (exact) mass is 374 g/mol. The molecule has 2 aromatic heterocycles. The fourth-order valence-electron chi connectivity index (χ4n) is 1.92. The van der Waals surface area contributed by atoms with Crippen LogP contribution < -0.4 is 10.1 Å². The average molecular weight is 376 g/mol. The first kappa shape index (κ1) is 18.0. The second-order valence-electron chi connectivity index (χ2n) is 4.80. The van der Waals surface area contributed by atoms with Crippen molar-refractivity contribution < 1.29 is 4.74 Å². The lowest BCUT2D eigenvalue weighted by Crippen LogP contribution is -2.11. The van der Waals surface area contributed by atoms with E-state index in [0.717, 1.165) is 18.5 Å². The highest BCUT2D eigenvalue weighted by atomic mass is 35.5. The van der Waals surface area contributed by atoms with E-state index in [4.69, 9.17) is 39.5 Å². The molecule has 2 aromatic rings. The van der Waals surface area contributed by atoms with Gasteiger partial charge in [0.25, 0.3) is 0 Å². The van der Waals surface area contributed by atoms with Crippen molar-refractivity contribution in [1.29, 1.82) is 0 Å². The molecular formula is C15H17Cl3N4O. The summed E-state index contributed by atoms with van der Waals surface area (Å²) in [7, 11) is 0. The summed E-state index contributed by atoms with van der Waals surface area (Å²) in [4.78, 5) is 12.7. The molecule has 0 bridgehead atoms. The quantitative estimate of drug-likeness (QED) is 0.718. The van der Waals surface area contributed by atoms with Gasteiger partial charge in [-0.3, -0.25) is 0 Å². The highest BCUT2D eigenvalue weighted by Gasteiger charge is 2.09. The number of rotatable bonds is 7. The summed E-state index contributed by atoms with van der Waals surface area (Å²) in [6.45, 7) is 4.97. The molecule has 23 heavy (non-hydrogen) atoms. The van der Waals surface area contributed by atoms with Gasteiger partial charge < -0.3 is 10.1 Å². The van der Waals surface area contributed by atoms with Gasteiger partial charge >= 0.3 is 0 Å².